The van der Waals surface area contributed by atoms with Crippen LogP contribution in [0.3, 0.4) is 0 Å². The summed E-state index contributed by atoms with van der Waals surface area (Å²) in [5.41, 5.74) is -0.164. The molecule has 0 amide bonds. The molecule has 1 fully saturated rings. The Hall–Kier alpha value is -0.830. The maximum absolute atomic E-state index is 11.4. The number of rotatable bonds is 3. The molecule has 0 saturated heterocycles. The van der Waals surface area contributed by atoms with Crippen LogP contribution < -0.4 is 0 Å². The lowest BCUT2D eigenvalue weighted by molar-refractivity contribution is -0.143. The second-order valence-corrected chi connectivity index (χ2v) is 4.83. The quantitative estimate of drug-likeness (QED) is 0.551. The van der Waals surface area contributed by atoms with Crippen LogP contribution in [0.2, 0.25) is 0 Å². The van der Waals surface area contributed by atoms with Crippen molar-refractivity contribution in [2.24, 2.45) is 17.3 Å². The van der Waals surface area contributed by atoms with Crippen molar-refractivity contribution in [2.45, 2.75) is 20.8 Å². The van der Waals surface area contributed by atoms with Crippen LogP contribution in [0.15, 0.2) is 11.1 Å². The average molecular weight is 231 g/mol. The number of hydrogen-bond acceptors (Lipinski definition) is 3. The van der Waals surface area contributed by atoms with Crippen LogP contribution in [0.25, 0.3) is 0 Å². The molecule has 1 aliphatic rings. The standard InChI is InChI=1S/C11H15ClO3/c1-6(13)8(12)5-7-9(10(14)15-4)11(7,2)3/h5,7,9H,1-4H3/b8-5-. The predicted octanol–water partition coefficient (Wildman–Crippen LogP) is 2.14. The molecule has 2 atom stereocenters. The van der Waals surface area contributed by atoms with Gasteiger partial charge in [-0.3, -0.25) is 9.59 Å². The van der Waals surface area contributed by atoms with Gasteiger partial charge < -0.3 is 4.74 Å². The first-order valence-electron chi connectivity index (χ1n) is 4.78. The number of methoxy groups -OCH3 is 1. The molecule has 0 bridgehead atoms. The van der Waals surface area contributed by atoms with Crippen molar-refractivity contribution in [2.75, 3.05) is 7.11 Å². The third-order valence-corrected chi connectivity index (χ3v) is 3.42. The van der Waals surface area contributed by atoms with E-state index < -0.39 is 0 Å². The average Bonchev–Trinajstić information content (AvgIpc) is 2.67. The first kappa shape index (κ1) is 12.2. The van der Waals surface area contributed by atoms with Gasteiger partial charge in [-0.05, 0) is 11.3 Å². The van der Waals surface area contributed by atoms with Gasteiger partial charge in [0.05, 0.1) is 18.1 Å². The molecule has 2 unspecified atom stereocenters. The Bertz CT molecular complexity index is 331. The number of carbonyl (C=O) groups is 2. The summed E-state index contributed by atoms with van der Waals surface area (Å²) in [6.07, 6.45) is 1.66. The van der Waals surface area contributed by atoms with Gasteiger partial charge in [0.1, 0.15) is 0 Å². The van der Waals surface area contributed by atoms with Gasteiger partial charge in [-0.2, -0.15) is 0 Å². The van der Waals surface area contributed by atoms with Crippen molar-refractivity contribution < 1.29 is 14.3 Å². The largest absolute Gasteiger partial charge is 0.469 e. The zero-order chi connectivity index (χ0) is 11.8. The molecule has 3 nitrogen and oxygen atoms in total. The summed E-state index contributed by atoms with van der Waals surface area (Å²) < 4.78 is 4.69. The lowest BCUT2D eigenvalue weighted by Crippen LogP contribution is -2.07. The molecule has 0 radical (unpaired) electrons. The molecule has 0 spiro atoms. The highest BCUT2D eigenvalue weighted by molar-refractivity contribution is 6.42. The minimum Gasteiger partial charge on any atom is -0.469 e. The summed E-state index contributed by atoms with van der Waals surface area (Å²) in [7, 11) is 1.37. The summed E-state index contributed by atoms with van der Waals surface area (Å²) in [4.78, 5) is 22.3. The smallest absolute Gasteiger partial charge is 0.309 e. The van der Waals surface area contributed by atoms with Crippen LogP contribution in [0, 0.1) is 17.3 Å². The SMILES string of the molecule is COC(=O)C1C(/C=C(\Cl)C(C)=O)C1(C)C. The molecule has 15 heavy (non-hydrogen) atoms. The molecule has 1 aliphatic carbocycles. The number of allylic oxidation sites excluding steroid dienone is 2. The second-order valence-electron chi connectivity index (χ2n) is 4.42. The molecule has 84 valence electrons. The van der Waals surface area contributed by atoms with E-state index in [0.717, 1.165) is 0 Å². The van der Waals surface area contributed by atoms with E-state index in [1.165, 1.54) is 14.0 Å². The molecule has 4 heteroatoms. The van der Waals surface area contributed by atoms with Gasteiger partial charge in [0.25, 0.3) is 0 Å². The van der Waals surface area contributed by atoms with Crippen molar-refractivity contribution in [1.29, 1.82) is 0 Å². The van der Waals surface area contributed by atoms with Gasteiger partial charge >= 0.3 is 5.97 Å². The van der Waals surface area contributed by atoms with Crippen molar-refractivity contribution in [3.63, 3.8) is 0 Å². The van der Waals surface area contributed by atoms with E-state index in [1.54, 1.807) is 6.08 Å². The first-order valence-corrected chi connectivity index (χ1v) is 5.16. The molecule has 1 saturated carbocycles. The highest BCUT2D eigenvalue weighted by atomic mass is 35.5. The summed E-state index contributed by atoms with van der Waals surface area (Å²) in [6.45, 7) is 5.32. The number of hydrogen-bond donors (Lipinski definition) is 0. The summed E-state index contributed by atoms with van der Waals surface area (Å²) in [5.74, 6) is -0.603. The van der Waals surface area contributed by atoms with Crippen LogP contribution in [0.5, 0.6) is 0 Å². The fourth-order valence-corrected chi connectivity index (χ4v) is 1.98. The normalized spacial score (nSPS) is 28.5. The first-order chi connectivity index (χ1) is 6.82. The zero-order valence-corrected chi connectivity index (χ0v) is 10.1. The number of halogens is 1. The van der Waals surface area contributed by atoms with E-state index >= 15 is 0 Å². The number of carbonyl (C=O) groups excluding carboxylic acids is 2. The van der Waals surface area contributed by atoms with Crippen LogP contribution >= 0.6 is 11.6 Å². The Morgan fingerprint density at radius 2 is 1.93 bits per heavy atom. The number of Topliss-reactive ketones (excluding diaryl/α,β-unsaturated/α-hetero) is 1. The molecule has 0 heterocycles. The molecule has 0 aromatic carbocycles. The molecular weight excluding hydrogens is 216 g/mol. The summed E-state index contributed by atoms with van der Waals surface area (Å²) in [6, 6.07) is 0. The van der Waals surface area contributed by atoms with Gasteiger partial charge in [-0.15, -0.1) is 0 Å². The van der Waals surface area contributed by atoms with Crippen molar-refractivity contribution >= 4 is 23.4 Å². The fourth-order valence-electron chi connectivity index (χ4n) is 1.84. The topological polar surface area (TPSA) is 43.4 Å². The van der Waals surface area contributed by atoms with Crippen molar-refractivity contribution in [3.05, 3.63) is 11.1 Å². The summed E-state index contributed by atoms with van der Waals surface area (Å²) in [5, 5.41) is 0.194. The van der Waals surface area contributed by atoms with E-state index in [0.29, 0.717) is 0 Å². The minimum atomic E-state index is -0.241. The lowest BCUT2D eigenvalue weighted by atomic mass is 10.1. The van der Waals surface area contributed by atoms with Gasteiger partial charge in [0.2, 0.25) is 0 Å². The predicted molar refractivity (Wildman–Crippen MR) is 57.4 cm³/mol. The molecule has 0 N–H and O–H groups in total. The van der Waals surface area contributed by atoms with Crippen LogP contribution in [-0.2, 0) is 14.3 Å². The summed E-state index contributed by atoms with van der Waals surface area (Å²) >= 11 is 5.75. The van der Waals surface area contributed by atoms with Crippen molar-refractivity contribution in [3.8, 4) is 0 Å². The van der Waals surface area contributed by atoms with Crippen LogP contribution in [0.1, 0.15) is 20.8 Å². The Kier molecular flexibility index (Phi) is 3.24. The number of ketones is 1. The van der Waals surface area contributed by atoms with E-state index in [4.69, 9.17) is 11.6 Å². The van der Waals surface area contributed by atoms with Gasteiger partial charge in [-0.25, -0.2) is 0 Å². The van der Waals surface area contributed by atoms with E-state index in [9.17, 15) is 9.59 Å². The fraction of sp³-hybridized carbons (Fsp3) is 0.636. The molecule has 1 rings (SSSR count). The third-order valence-electron chi connectivity index (χ3n) is 3.03. The third kappa shape index (κ3) is 2.23. The maximum Gasteiger partial charge on any atom is 0.309 e. The molecule has 0 aromatic heterocycles. The van der Waals surface area contributed by atoms with Gasteiger partial charge in [0, 0.05) is 6.92 Å². The zero-order valence-electron chi connectivity index (χ0n) is 9.33. The Morgan fingerprint density at radius 3 is 2.33 bits per heavy atom. The monoisotopic (exact) mass is 230 g/mol. The van der Waals surface area contributed by atoms with Crippen LogP contribution in [0.4, 0.5) is 0 Å². The Morgan fingerprint density at radius 1 is 1.40 bits per heavy atom. The molecule has 0 aromatic rings. The van der Waals surface area contributed by atoms with Gasteiger partial charge in [0.15, 0.2) is 5.78 Å². The molecule has 0 aliphatic heterocycles. The second kappa shape index (κ2) is 3.97. The van der Waals surface area contributed by atoms with Crippen molar-refractivity contribution in [1.82, 2.24) is 0 Å². The number of ether oxygens (including phenoxy) is 1. The van der Waals surface area contributed by atoms with Gasteiger partial charge in [-0.1, -0.05) is 31.5 Å². The highest BCUT2D eigenvalue weighted by Crippen LogP contribution is 2.59. The molecular formula is C11H15ClO3. The maximum atomic E-state index is 11.4. The number of esters is 1. The lowest BCUT2D eigenvalue weighted by Gasteiger charge is -1.99. The Balaban J connectivity index is 2.79. The van der Waals surface area contributed by atoms with E-state index in [2.05, 4.69) is 4.74 Å². The van der Waals surface area contributed by atoms with E-state index in [-0.39, 0.29) is 34.0 Å². The highest BCUT2D eigenvalue weighted by Gasteiger charge is 2.61. The minimum absolute atomic E-state index is 0.00125. The Labute approximate surface area is 94.4 Å². The van der Waals surface area contributed by atoms with E-state index in [1.807, 2.05) is 13.8 Å². The van der Waals surface area contributed by atoms with Crippen LogP contribution in [-0.4, -0.2) is 18.9 Å².